The molecule has 2 rings (SSSR count). The molecule has 0 unspecified atom stereocenters. The molecule has 62 valence electrons. The van der Waals surface area contributed by atoms with Crippen molar-refractivity contribution in [1.29, 1.82) is 0 Å². The maximum Gasteiger partial charge on any atom is -1.00 e. The molecule has 0 spiro atoms. The van der Waals surface area contributed by atoms with E-state index in [9.17, 15) is 4.79 Å². The van der Waals surface area contributed by atoms with E-state index in [1.807, 2.05) is 24.3 Å². The van der Waals surface area contributed by atoms with Crippen molar-refractivity contribution >= 4 is 15.1 Å². The molecule has 0 fully saturated rings. The summed E-state index contributed by atoms with van der Waals surface area (Å²) in [5.74, 6) is 0. The molecule has 0 aliphatic heterocycles. The molecule has 2 nitrogen and oxygen atoms in total. The molecule has 1 heterocycles. The molecule has 1 aromatic carbocycles. The number of para-hydroxylation sites is 1. The van der Waals surface area contributed by atoms with E-state index in [1.54, 1.807) is 6.07 Å². The van der Waals surface area contributed by atoms with E-state index in [1.165, 1.54) is 0 Å². The Morgan fingerprint density at radius 2 is 1.92 bits per heavy atom. The normalized spacial score (nSPS) is 9.69. The molecule has 0 saturated heterocycles. The second-order valence-corrected chi connectivity index (χ2v) is 4.19. The first-order chi connectivity index (χ1) is 5.77. The summed E-state index contributed by atoms with van der Waals surface area (Å²) in [4.78, 5) is 11.0. The van der Waals surface area contributed by atoms with E-state index >= 15 is 0 Å². The van der Waals surface area contributed by atoms with Gasteiger partial charge in [-0.2, -0.15) is 0 Å². The summed E-state index contributed by atoms with van der Waals surface area (Å²) >= 11 is 0.978. The maximum atomic E-state index is 11.0. The molecule has 0 aliphatic carbocycles. The van der Waals surface area contributed by atoms with Gasteiger partial charge in [-0.3, -0.25) is 0 Å². The minimum absolute atomic E-state index is 0. The minimum Gasteiger partial charge on any atom is -1.00 e. The van der Waals surface area contributed by atoms with Gasteiger partial charge in [-0.25, -0.2) is 0 Å². The zero-order valence-electron chi connectivity index (χ0n) is 6.79. The van der Waals surface area contributed by atoms with Crippen LogP contribution in [0.2, 0.25) is 0 Å². The second-order valence-electron chi connectivity index (χ2n) is 2.59. The second kappa shape index (κ2) is 4.16. The fraction of sp³-hybridized carbons (Fsp3) is 0. The average Bonchev–Trinajstić information content (AvgIpc) is 2.04. The Bertz CT molecular complexity index is 478. The fourth-order valence-electron chi connectivity index (χ4n) is 1.18. The number of hydrogen-bond acceptors (Lipinski definition) is 2. The molecule has 13 heavy (non-hydrogen) atoms. The van der Waals surface area contributed by atoms with Gasteiger partial charge in [-0.1, -0.05) is 0 Å². The summed E-state index contributed by atoms with van der Waals surface area (Å²) in [6.45, 7) is 0. The van der Waals surface area contributed by atoms with Crippen LogP contribution < -0.4 is 26.8 Å². The minimum atomic E-state index is -0.255. The molecular formula is C9H5BrO2Zn. The van der Waals surface area contributed by atoms with Crippen molar-refractivity contribution in [2.75, 3.05) is 0 Å². The molecule has 4 heteroatoms. The SMILES string of the molecule is O=c1c[c]([Zn+])c2ccccc2o1.[Br-]. The van der Waals surface area contributed by atoms with Gasteiger partial charge >= 0.3 is 78.6 Å². The van der Waals surface area contributed by atoms with Gasteiger partial charge < -0.3 is 17.0 Å². The third-order valence-electron chi connectivity index (χ3n) is 1.74. The summed E-state index contributed by atoms with van der Waals surface area (Å²) in [7, 11) is 0. The van der Waals surface area contributed by atoms with Gasteiger partial charge in [-0.05, 0) is 0 Å². The number of halogens is 1. The van der Waals surface area contributed by atoms with Crippen LogP contribution in [-0.4, -0.2) is 0 Å². The van der Waals surface area contributed by atoms with Crippen LogP contribution in [0.1, 0.15) is 0 Å². The van der Waals surface area contributed by atoms with Gasteiger partial charge in [0, 0.05) is 0 Å². The average molecular weight is 290 g/mol. The first-order valence-electron chi connectivity index (χ1n) is 3.62. The van der Waals surface area contributed by atoms with Crippen molar-refractivity contribution in [3.8, 4) is 0 Å². The Morgan fingerprint density at radius 1 is 1.23 bits per heavy atom. The van der Waals surface area contributed by atoms with Crippen LogP contribution in [0.4, 0.5) is 0 Å². The predicted molar refractivity (Wildman–Crippen MR) is 42.1 cm³/mol. The van der Waals surface area contributed by atoms with Crippen molar-refractivity contribution in [3.05, 3.63) is 40.8 Å². The molecule has 1 aromatic heterocycles. The van der Waals surface area contributed by atoms with Crippen LogP contribution in [0.15, 0.2) is 39.5 Å². The largest absolute Gasteiger partial charge is 1.00 e. The van der Waals surface area contributed by atoms with Gasteiger partial charge in [0.2, 0.25) is 0 Å². The molecule has 2 aromatic rings. The van der Waals surface area contributed by atoms with Crippen LogP contribution in [0.25, 0.3) is 11.0 Å². The molecule has 0 bridgehead atoms. The van der Waals surface area contributed by atoms with E-state index < -0.39 is 0 Å². The van der Waals surface area contributed by atoms with Gasteiger partial charge in [0.05, 0.1) is 0 Å². The monoisotopic (exact) mass is 288 g/mol. The number of rotatable bonds is 0. The number of benzene rings is 1. The smallest absolute Gasteiger partial charge is 1.00 e. The fourth-order valence-corrected chi connectivity index (χ4v) is 2.14. The molecular weight excluding hydrogens is 285 g/mol. The number of fused-ring (bicyclic) bond motifs is 1. The van der Waals surface area contributed by atoms with Gasteiger partial charge in [-0.15, -0.1) is 0 Å². The third kappa shape index (κ3) is 2.06. The third-order valence-corrected chi connectivity index (χ3v) is 2.96. The Hall–Kier alpha value is -0.467. The summed E-state index contributed by atoms with van der Waals surface area (Å²) in [5.41, 5.74) is 0.432. The summed E-state index contributed by atoms with van der Waals surface area (Å²) in [6.07, 6.45) is 0. The Labute approximate surface area is 95.4 Å². The molecule has 0 amide bonds. The quantitative estimate of drug-likeness (QED) is 0.414. The van der Waals surface area contributed by atoms with Crippen LogP contribution in [-0.2, 0) is 18.3 Å². The van der Waals surface area contributed by atoms with E-state index in [0.717, 1.165) is 27.8 Å². The molecule has 0 saturated carbocycles. The summed E-state index contributed by atoms with van der Waals surface area (Å²) < 4.78 is 6.09. The number of hydrogen-bond donors (Lipinski definition) is 0. The molecule has 0 N–H and O–H groups in total. The Kier molecular flexibility index (Phi) is 3.40. The van der Waals surface area contributed by atoms with Crippen LogP contribution in [0.5, 0.6) is 0 Å². The van der Waals surface area contributed by atoms with Crippen LogP contribution in [0, 0.1) is 0 Å². The van der Waals surface area contributed by atoms with E-state index in [4.69, 9.17) is 4.42 Å². The first kappa shape index (κ1) is 10.6. The van der Waals surface area contributed by atoms with Crippen molar-refractivity contribution in [2.45, 2.75) is 0 Å². The van der Waals surface area contributed by atoms with Crippen molar-refractivity contribution in [3.63, 3.8) is 0 Å². The van der Waals surface area contributed by atoms with E-state index in [0.29, 0.717) is 5.58 Å². The standard InChI is InChI=1S/C9H5O2.BrH.Zn/c10-9-6-5-7-3-1-2-4-8(7)11-9;;/h1-4,6H;1H;/q;;+1/p-1. The summed E-state index contributed by atoms with van der Waals surface area (Å²) in [6, 6.07) is 9.15. The molecule has 0 radical (unpaired) electrons. The van der Waals surface area contributed by atoms with E-state index in [2.05, 4.69) is 0 Å². The zero-order chi connectivity index (χ0) is 8.55. The van der Waals surface area contributed by atoms with Crippen LogP contribution >= 0.6 is 0 Å². The topological polar surface area (TPSA) is 30.2 Å². The van der Waals surface area contributed by atoms with Gasteiger partial charge in [0.1, 0.15) is 0 Å². The summed E-state index contributed by atoms with van der Waals surface area (Å²) in [5, 5.41) is 1.05. The van der Waals surface area contributed by atoms with Gasteiger partial charge in [0.25, 0.3) is 0 Å². The zero-order valence-corrected chi connectivity index (χ0v) is 11.3. The van der Waals surface area contributed by atoms with Gasteiger partial charge in [0.15, 0.2) is 0 Å². The van der Waals surface area contributed by atoms with Crippen LogP contribution in [0.3, 0.4) is 0 Å². The molecule has 0 atom stereocenters. The Morgan fingerprint density at radius 3 is 2.69 bits per heavy atom. The Balaban J connectivity index is 0.000000845. The molecule has 0 aliphatic rings. The predicted octanol–water partition coefficient (Wildman–Crippen LogP) is -2.03. The van der Waals surface area contributed by atoms with Crippen molar-refractivity contribution in [2.24, 2.45) is 0 Å². The van der Waals surface area contributed by atoms with Crippen molar-refractivity contribution in [1.82, 2.24) is 0 Å². The van der Waals surface area contributed by atoms with Crippen molar-refractivity contribution < 1.29 is 39.7 Å². The maximum absolute atomic E-state index is 11.0. The first-order valence-corrected chi connectivity index (χ1v) is 5.10. The van der Waals surface area contributed by atoms with E-state index in [-0.39, 0.29) is 22.6 Å².